The summed E-state index contributed by atoms with van der Waals surface area (Å²) >= 11 is 0. The van der Waals surface area contributed by atoms with Gasteiger partial charge >= 0.3 is 13.3 Å². The molecule has 3 rings (SSSR count). The van der Waals surface area contributed by atoms with Gasteiger partial charge in [-0.25, -0.2) is 0 Å². The summed E-state index contributed by atoms with van der Waals surface area (Å²) in [6.45, 7) is 3.89. The van der Waals surface area contributed by atoms with E-state index in [4.69, 9.17) is 25.9 Å². The molecule has 0 heterocycles. The number of rotatable bonds is 6. The molecule has 0 spiro atoms. The molecule has 0 unspecified atom stereocenters. The number of carboxylic acid groups (broad SMARTS) is 1. The fourth-order valence-electron chi connectivity index (χ4n) is 2.86. The van der Waals surface area contributed by atoms with E-state index >= 15 is 0 Å². The van der Waals surface area contributed by atoms with E-state index in [9.17, 15) is 9.59 Å². The zero-order valence-corrected chi connectivity index (χ0v) is 19.2. The zero-order valence-electron chi connectivity index (χ0n) is 19.2. The van der Waals surface area contributed by atoms with Crippen LogP contribution in [0, 0.1) is 5.92 Å². The summed E-state index contributed by atoms with van der Waals surface area (Å²) in [5.41, 5.74) is 7.61. The van der Waals surface area contributed by atoms with Gasteiger partial charge in [-0.3, -0.25) is 14.5 Å². The number of benzene rings is 3. The van der Waals surface area contributed by atoms with Crippen LogP contribution in [0.1, 0.15) is 30.6 Å². The number of para-hydroxylation sites is 2. The fraction of sp³-hybridized carbons (Fsp3) is 0.200. The molecule has 0 aromatic heterocycles. The zero-order chi connectivity index (χ0) is 25.5. The molecule has 6 N–H and O–H groups in total. The Morgan fingerprint density at radius 1 is 0.794 bits per heavy atom. The van der Waals surface area contributed by atoms with E-state index in [-0.39, 0.29) is 5.91 Å². The maximum atomic E-state index is 12.9. The molecule has 3 aromatic rings. The smallest absolute Gasteiger partial charge is 0.480 e. The topological polar surface area (TPSA) is 144 Å². The third kappa shape index (κ3) is 10.9. The van der Waals surface area contributed by atoms with E-state index in [1.807, 2.05) is 105 Å². The van der Waals surface area contributed by atoms with Crippen LogP contribution >= 0.6 is 0 Å². The van der Waals surface area contributed by atoms with Crippen LogP contribution in [0.3, 0.4) is 0 Å². The molecule has 3 aromatic carbocycles. The molecular weight excluding hydrogens is 435 g/mol. The summed E-state index contributed by atoms with van der Waals surface area (Å²) in [6.07, 6.45) is 0.551. The molecule has 0 saturated carbocycles. The van der Waals surface area contributed by atoms with Gasteiger partial charge in [-0.2, -0.15) is 0 Å². The summed E-state index contributed by atoms with van der Waals surface area (Å²) in [4.78, 5) is 24.7. The van der Waals surface area contributed by atoms with E-state index in [2.05, 4.69) is 0 Å². The molecule has 1 amide bonds. The highest BCUT2D eigenvalue weighted by Crippen LogP contribution is 2.27. The van der Waals surface area contributed by atoms with Crippen molar-refractivity contribution in [3.63, 3.8) is 0 Å². The van der Waals surface area contributed by atoms with Crippen molar-refractivity contribution in [2.24, 2.45) is 11.7 Å². The lowest BCUT2D eigenvalue weighted by Crippen LogP contribution is -2.31. The van der Waals surface area contributed by atoms with Gasteiger partial charge < -0.3 is 25.9 Å². The van der Waals surface area contributed by atoms with E-state index in [0.29, 0.717) is 17.9 Å². The van der Waals surface area contributed by atoms with Crippen LogP contribution in [0.5, 0.6) is 0 Å². The van der Waals surface area contributed by atoms with Crippen LogP contribution in [-0.2, 0) is 4.79 Å². The highest BCUT2D eigenvalue weighted by atomic mass is 16.5. The van der Waals surface area contributed by atoms with Crippen LogP contribution < -0.4 is 10.6 Å². The summed E-state index contributed by atoms with van der Waals surface area (Å²) in [7, 11) is -2.17. The maximum absolute atomic E-state index is 12.9. The molecule has 34 heavy (non-hydrogen) atoms. The number of nitrogens with two attached hydrogens (primary N) is 1. The summed E-state index contributed by atoms with van der Waals surface area (Å²) in [6, 6.07) is 28.0. The molecule has 9 heteroatoms. The van der Waals surface area contributed by atoms with Gasteiger partial charge in [-0.05, 0) is 48.7 Å². The van der Waals surface area contributed by atoms with Gasteiger partial charge in [-0.15, -0.1) is 0 Å². The van der Waals surface area contributed by atoms with Crippen LogP contribution in [0.2, 0.25) is 0 Å². The number of carboxylic acids is 1. The van der Waals surface area contributed by atoms with Crippen molar-refractivity contribution < 1.29 is 29.8 Å². The lowest BCUT2D eigenvalue weighted by Gasteiger charge is -2.23. The molecule has 180 valence electrons. The molecule has 0 radical (unpaired) electrons. The number of carbonyl (C=O) groups is 2. The Bertz CT molecular complexity index is 930. The molecule has 0 aliphatic rings. The lowest BCUT2D eigenvalue weighted by molar-refractivity contribution is -0.138. The Balaban J connectivity index is 0.000000372. The predicted octanol–water partition coefficient (Wildman–Crippen LogP) is 3.06. The molecule has 0 fully saturated rings. The number of hydrogen-bond acceptors (Lipinski definition) is 6. The van der Waals surface area contributed by atoms with Crippen LogP contribution in [-0.4, -0.2) is 45.4 Å². The van der Waals surface area contributed by atoms with E-state index < -0.39 is 19.3 Å². The SMILES string of the molecule is CC(C)C[C@H](N)C(=O)O.O=C(c1ccccc1)N(c1ccccc1)c1ccccc1.OB(O)O. The van der Waals surface area contributed by atoms with E-state index in [1.165, 1.54) is 0 Å². The van der Waals surface area contributed by atoms with Crippen LogP contribution in [0.4, 0.5) is 11.4 Å². The molecule has 0 saturated heterocycles. The van der Waals surface area contributed by atoms with Gasteiger partial charge in [0.15, 0.2) is 0 Å². The first-order valence-corrected chi connectivity index (χ1v) is 10.7. The molecule has 0 aliphatic heterocycles. The van der Waals surface area contributed by atoms with Crippen molar-refractivity contribution >= 4 is 30.6 Å². The van der Waals surface area contributed by atoms with Crippen molar-refractivity contribution in [2.45, 2.75) is 26.3 Å². The second-order valence-corrected chi connectivity index (χ2v) is 7.60. The lowest BCUT2D eigenvalue weighted by atomic mass is 10.1. The molecule has 1 atom stereocenters. The van der Waals surface area contributed by atoms with Crippen molar-refractivity contribution in [3.8, 4) is 0 Å². The number of nitrogens with zero attached hydrogens (tertiary/aromatic N) is 1. The van der Waals surface area contributed by atoms with Crippen molar-refractivity contribution in [1.82, 2.24) is 0 Å². The van der Waals surface area contributed by atoms with Crippen molar-refractivity contribution in [2.75, 3.05) is 4.90 Å². The Kier molecular flexibility index (Phi) is 12.9. The fourth-order valence-corrected chi connectivity index (χ4v) is 2.86. The summed E-state index contributed by atoms with van der Waals surface area (Å²) in [5.74, 6) is -0.590. The Hall–Kier alpha value is -3.50. The first-order valence-electron chi connectivity index (χ1n) is 10.7. The highest BCUT2D eigenvalue weighted by molar-refractivity contribution is 6.30. The second-order valence-electron chi connectivity index (χ2n) is 7.60. The molecule has 0 bridgehead atoms. The van der Waals surface area contributed by atoms with Gasteiger partial charge in [0.1, 0.15) is 6.04 Å². The van der Waals surface area contributed by atoms with E-state index in [0.717, 1.165) is 11.4 Å². The van der Waals surface area contributed by atoms with Crippen LogP contribution in [0.15, 0.2) is 91.0 Å². The number of carbonyl (C=O) groups excluding carboxylic acids is 1. The summed E-state index contributed by atoms with van der Waals surface area (Å²) in [5, 5.41) is 29.8. The predicted molar refractivity (Wildman–Crippen MR) is 133 cm³/mol. The first kappa shape index (κ1) is 28.5. The van der Waals surface area contributed by atoms with Crippen LogP contribution in [0.25, 0.3) is 0 Å². The Morgan fingerprint density at radius 3 is 1.44 bits per heavy atom. The van der Waals surface area contributed by atoms with Crippen molar-refractivity contribution in [1.29, 1.82) is 0 Å². The quantitative estimate of drug-likeness (QED) is 0.351. The normalized spacial score (nSPS) is 10.7. The minimum absolute atomic E-state index is 0.0343. The number of aliphatic carboxylic acids is 1. The number of hydrogen-bond donors (Lipinski definition) is 5. The van der Waals surface area contributed by atoms with E-state index in [1.54, 1.807) is 4.90 Å². The monoisotopic (exact) mass is 466 g/mol. The Labute approximate surface area is 200 Å². The second kappa shape index (κ2) is 15.4. The highest BCUT2D eigenvalue weighted by Gasteiger charge is 2.19. The average molecular weight is 466 g/mol. The molecule has 0 aliphatic carbocycles. The number of amides is 1. The Morgan fingerprint density at radius 2 is 1.15 bits per heavy atom. The molecule has 8 nitrogen and oxygen atoms in total. The van der Waals surface area contributed by atoms with Gasteiger partial charge in [0.05, 0.1) is 0 Å². The first-order chi connectivity index (χ1) is 16.1. The minimum atomic E-state index is -2.17. The number of anilines is 2. The molecular formula is C25H31BN2O6. The minimum Gasteiger partial charge on any atom is -0.480 e. The standard InChI is InChI=1S/C19H15NO.C6H13NO2.BH3O3/c21-19(16-10-4-1-5-11-16)20(17-12-6-2-7-13-17)18-14-8-3-9-15-18;1-4(2)3-5(7)6(8)9;2-1(3)4/h1-15H;4-5H,3,7H2,1-2H3,(H,8,9);2-4H/t;5-;/m.0./s1. The average Bonchev–Trinajstić information content (AvgIpc) is 2.81. The van der Waals surface area contributed by atoms with Gasteiger partial charge in [-0.1, -0.05) is 68.4 Å². The third-order valence-corrected chi connectivity index (χ3v) is 4.30. The van der Waals surface area contributed by atoms with Gasteiger partial charge in [0, 0.05) is 16.9 Å². The van der Waals surface area contributed by atoms with Gasteiger partial charge in [0.25, 0.3) is 5.91 Å². The maximum Gasteiger partial charge on any atom is 0.631 e. The third-order valence-electron chi connectivity index (χ3n) is 4.30. The largest absolute Gasteiger partial charge is 0.631 e. The van der Waals surface area contributed by atoms with Gasteiger partial charge in [0.2, 0.25) is 0 Å². The summed E-state index contributed by atoms with van der Waals surface area (Å²) < 4.78 is 0. The van der Waals surface area contributed by atoms with Crippen molar-refractivity contribution in [3.05, 3.63) is 96.6 Å².